The number of halogens is 2. The van der Waals surface area contributed by atoms with Crippen LogP contribution in [0.4, 0.5) is 5.69 Å². The molecule has 4 nitrogen and oxygen atoms in total. The molecule has 0 unspecified atom stereocenters. The highest BCUT2D eigenvalue weighted by Crippen LogP contribution is 2.46. The van der Waals surface area contributed by atoms with E-state index in [1.807, 2.05) is 30.3 Å². The summed E-state index contributed by atoms with van der Waals surface area (Å²) in [7, 11) is 0. The third-order valence-electron chi connectivity index (χ3n) is 4.76. The van der Waals surface area contributed by atoms with E-state index in [9.17, 15) is 10.1 Å². The zero-order valence-corrected chi connectivity index (χ0v) is 16.6. The fraction of sp³-hybridized carbons (Fsp3) is 0.200. The van der Waals surface area contributed by atoms with E-state index in [0.717, 1.165) is 5.69 Å². The maximum absolute atomic E-state index is 12.9. The smallest absolute Gasteiger partial charge is 0.229 e. The molecule has 0 spiro atoms. The number of thioether (sulfide) groups is 1. The molecule has 1 atom stereocenters. The van der Waals surface area contributed by atoms with Crippen LogP contribution in [0.15, 0.2) is 59.1 Å². The molecule has 0 aliphatic carbocycles. The molecule has 0 saturated carbocycles. The first-order valence-corrected chi connectivity index (χ1v) is 10.2. The first-order chi connectivity index (χ1) is 13.1. The summed E-state index contributed by atoms with van der Waals surface area (Å²) in [6.45, 7) is 0.430. The van der Waals surface area contributed by atoms with Gasteiger partial charge in [-0.2, -0.15) is 5.26 Å². The number of para-hydroxylation sites is 1. The first kappa shape index (κ1) is 18.2. The van der Waals surface area contributed by atoms with Gasteiger partial charge in [-0.25, -0.2) is 0 Å². The van der Waals surface area contributed by atoms with Gasteiger partial charge in [0.25, 0.3) is 0 Å². The van der Waals surface area contributed by atoms with Crippen molar-refractivity contribution in [2.45, 2.75) is 12.3 Å². The SMILES string of the molecule is N#CC1=C2SCN(c3ccccc3)CN2C(=O)C[C@@H]1c1c(Cl)cccc1Cl. The molecule has 27 heavy (non-hydrogen) atoms. The van der Waals surface area contributed by atoms with Crippen molar-refractivity contribution in [2.75, 3.05) is 17.4 Å². The third-order valence-corrected chi connectivity index (χ3v) is 6.58. The maximum Gasteiger partial charge on any atom is 0.229 e. The van der Waals surface area contributed by atoms with E-state index in [1.165, 1.54) is 11.8 Å². The van der Waals surface area contributed by atoms with E-state index < -0.39 is 5.92 Å². The monoisotopic (exact) mass is 415 g/mol. The van der Waals surface area contributed by atoms with Gasteiger partial charge in [0, 0.05) is 28.1 Å². The van der Waals surface area contributed by atoms with E-state index in [2.05, 4.69) is 11.0 Å². The summed E-state index contributed by atoms with van der Waals surface area (Å²) in [6.07, 6.45) is 0.180. The number of amides is 1. The molecule has 2 aromatic rings. The standard InChI is InChI=1S/C20H15Cl2N3OS/c21-16-7-4-8-17(22)19(16)14-9-18(26)25-11-24(13-5-2-1-3-6-13)12-27-20(25)15(14)10-23/h1-8,14H,9,11-12H2/t14-/m0/s1. The van der Waals surface area contributed by atoms with Crippen LogP contribution in [0.5, 0.6) is 0 Å². The number of fused-ring (bicyclic) bond motifs is 1. The molecule has 136 valence electrons. The molecule has 2 aromatic carbocycles. The molecule has 2 heterocycles. The lowest BCUT2D eigenvalue weighted by atomic mass is 9.86. The highest BCUT2D eigenvalue weighted by atomic mass is 35.5. The van der Waals surface area contributed by atoms with Gasteiger partial charge < -0.3 is 4.90 Å². The van der Waals surface area contributed by atoms with Crippen molar-refractivity contribution in [3.8, 4) is 6.07 Å². The lowest BCUT2D eigenvalue weighted by Gasteiger charge is -2.42. The molecule has 1 saturated heterocycles. The van der Waals surface area contributed by atoms with Crippen LogP contribution in [-0.2, 0) is 4.79 Å². The summed E-state index contributed by atoms with van der Waals surface area (Å²) in [5.41, 5.74) is 2.26. The number of allylic oxidation sites excluding steroid dienone is 1. The van der Waals surface area contributed by atoms with Crippen LogP contribution in [0.3, 0.4) is 0 Å². The molecule has 1 fully saturated rings. The van der Waals surface area contributed by atoms with Crippen molar-refractivity contribution >= 4 is 46.6 Å². The van der Waals surface area contributed by atoms with E-state index in [0.29, 0.717) is 38.8 Å². The number of benzene rings is 2. The number of anilines is 1. The van der Waals surface area contributed by atoms with Gasteiger partial charge in [-0.05, 0) is 29.8 Å². The van der Waals surface area contributed by atoms with Gasteiger partial charge >= 0.3 is 0 Å². The van der Waals surface area contributed by atoms with Crippen molar-refractivity contribution in [3.63, 3.8) is 0 Å². The Morgan fingerprint density at radius 3 is 2.44 bits per heavy atom. The normalized spacial score (nSPS) is 19.7. The number of carbonyl (C=O) groups is 1. The van der Waals surface area contributed by atoms with Crippen molar-refractivity contribution < 1.29 is 4.79 Å². The zero-order chi connectivity index (χ0) is 19.0. The quantitative estimate of drug-likeness (QED) is 0.674. The van der Waals surface area contributed by atoms with Crippen molar-refractivity contribution in [2.24, 2.45) is 0 Å². The summed E-state index contributed by atoms with van der Waals surface area (Å²) in [5, 5.41) is 11.5. The Balaban J connectivity index is 1.72. The fourth-order valence-corrected chi connectivity index (χ4v) is 5.28. The molecule has 2 aliphatic heterocycles. The number of hydrogen-bond donors (Lipinski definition) is 0. The zero-order valence-electron chi connectivity index (χ0n) is 14.2. The van der Waals surface area contributed by atoms with Gasteiger partial charge in [0.15, 0.2) is 0 Å². The molecule has 4 rings (SSSR count). The average molecular weight is 416 g/mol. The minimum absolute atomic E-state index is 0.0295. The van der Waals surface area contributed by atoms with E-state index in [1.54, 1.807) is 23.1 Å². The van der Waals surface area contributed by atoms with Crippen LogP contribution < -0.4 is 4.90 Å². The minimum atomic E-state index is -0.411. The van der Waals surface area contributed by atoms with E-state index >= 15 is 0 Å². The van der Waals surface area contributed by atoms with Gasteiger partial charge in [0.05, 0.1) is 29.2 Å². The van der Waals surface area contributed by atoms with Gasteiger partial charge in [-0.3, -0.25) is 9.69 Å². The molecule has 0 radical (unpaired) electrons. The molecule has 1 amide bonds. The number of hydrogen-bond acceptors (Lipinski definition) is 4. The number of rotatable bonds is 2. The Morgan fingerprint density at radius 1 is 1.07 bits per heavy atom. The second kappa shape index (κ2) is 7.47. The highest BCUT2D eigenvalue weighted by molar-refractivity contribution is 8.03. The number of nitriles is 1. The Hall–Kier alpha value is -2.13. The van der Waals surface area contributed by atoms with Gasteiger partial charge in [0.2, 0.25) is 5.91 Å². The Kier molecular flexibility index (Phi) is 5.05. The number of nitrogens with zero attached hydrogens (tertiary/aromatic N) is 3. The highest BCUT2D eigenvalue weighted by Gasteiger charge is 2.39. The predicted molar refractivity (Wildman–Crippen MR) is 110 cm³/mol. The topological polar surface area (TPSA) is 47.3 Å². The van der Waals surface area contributed by atoms with Crippen molar-refractivity contribution in [1.82, 2.24) is 4.90 Å². The summed E-state index contributed by atoms with van der Waals surface area (Å²) in [4.78, 5) is 16.7. The predicted octanol–water partition coefficient (Wildman–Crippen LogP) is 5.21. The summed E-state index contributed by atoms with van der Waals surface area (Å²) in [6, 6.07) is 17.5. The van der Waals surface area contributed by atoms with Crippen molar-refractivity contribution in [1.29, 1.82) is 5.26 Å². The summed E-state index contributed by atoms with van der Waals surface area (Å²) >= 11 is 14.2. The van der Waals surface area contributed by atoms with Crippen LogP contribution >= 0.6 is 35.0 Å². The van der Waals surface area contributed by atoms with Crippen molar-refractivity contribution in [3.05, 3.63) is 74.7 Å². The molecule has 0 bridgehead atoms. The van der Waals surface area contributed by atoms with Crippen LogP contribution in [-0.4, -0.2) is 23.4 Å². The van der Waals surface area contributed by atoms with Crippen LogP contribution in [0.1, 0.15) is 17.9 Å². The molecular formula is C20H15Cl2N3OS. The Morgan fingerprint density at radius 2 is 1.78 bits per heavy atom. The average Bonchev–Trinajstić information content (AvgIpc) is 2.68. The second-order valence-corrected chi connectivity index (χ2v) is 8.08. The summed E-state index contributed by atoms with van der Waals surface area (Å²) < 4.78 is 0. The molecule has 7 heteroatoms. The van der Waals surface area contributed by atoms with Gasteiger partial charge in [-0.15, -0.1) is 0 Å². The lowest BCUT2D eigenvalue weighted by Crippen LogP contribution is -2.47. The fourth-order valence-electron chi connectivity index (χ4n) is 3.45. The van der Waals surface area contributed by atoms with Crippen LogP contribution in [0.2, 0.25) is 10.0 Å². The minimum Gasteiger partial charge on any atom is -0.344 e. The van der Waals surface area contributed by atoms with Gasteiger partial charge in [0.1, 0.15) is 0 Å². The molecule has 2 aliphatic rings. The van der Waals surface area contributed by atoms with E-state index in [-0.39, 0.29) is 12.3 Å². The number of carbonyl (C=O) groups excluding carboxylic acids is 1. The van der Waals surface area contributed by atoms with Crippen LogP contribution in [0.25, 0.3) is 0 Å². The van der Waals surface area contributed by atoms with Gasteiger partial charge in [-0.1, -0.05) is 59.2 Å². The van der Waals surface area contributed by atoms with E-state index in [4.69, 9.17) is 23.2 Å². The summed E-state index contributed by atoms with van der Waals surface area (Å²) in [5.74, 6) is 0.223. The lowest BCUT2D eigenvalue weighted by molar-refractivity contribution is -0.129. The molecule has 0 aromatic heterocycles. The molecule has 0 N–H and O–H groups in total. The largest absolute Gasteiger partial charge is 0.344 e. The Bertz CT molecular complexity index is 951. The third kappa shape index (κ3) is 3.29. The molecular weight excluding hydrogens is 401 g/mol. The Labute approximate surface area is 172 Å². The maximum atomic E-state index is 12.9. The first-order valence-electron chi connectivity index (χ1n) is 8.41. The van der Waals surface area contributed by atoms with Crippen LogP contribution in [0, 0.1) is 11.3 Å². The second-order valence-electron chi connectivity index (χ2n) is 6.33.